The summed E-state index contributed by atoms with van der Waals surface area (Å²) in [4.78, 5) is 25.6. The van der Waals surface area contributed by atoms with E-state index in [2.05, 4.69) is 10.6 Å². The molecule has 2 amide bonds. The maximum Gasteiger partial charge on any atom is 0.268 e. The van der Waals surface area contributed by atoms with Crippen LogP contribution in [0.15, 0.2) is 77.0 Å². The number of rotatable bonds is 6. The van der Waals surface area contributed by atoms with Crippen LogP contribution in [0, 0.1) is 13.8 Å². The van der Waals surface area contributed by atoms with Gasteiger partial charge < -0.3 is 15.1 Å². The molecule has 0 aliphatic rings. The van der Waals surface area contributed by atoms with Crippen molar-refractivity contribution in [1.29, 1.82) is 0 Å². The maximum absolute atomic E-state index is 12.9. The highest BCUT2D eigenvalue weighted by Crippen LogP contribution is 2.15. The van der Waals surface area contributed by atoms with E-state index in [0.29, 0.717) is 11.3 Å². The summed E-state index contributed by atoms with van der Waals surface area (Å²) in [6, 6.07) is 18.4. The summed E-state index contributed by atoms with van der Waals surface area (Å²) in [5.74, 6) is -0.275. The summed E-state index contributed by atoms with van der Waals surface area (Å²) in [7, 11) is 0. The van der Waals surface area contributed by atoms with Gasteiger partial charge in [0.25, 0.3) is 11.8 Å². The highest BCUT2D eigenvalue weighted by molar-refractivity contribution is 6.05. The minimum atomic E-state index is -0.393. The lowest BCUT2D eigenvalue weighted by atomic mass is 10.1. The number of benzene rings is 2. The highest BCUT2D eigenvalue weighted by atomic mass is 16.3. The molecule has 1 heterocycles. The van der Waals surface area contributed by atoms with Crippen LogP contribution in [0.5, 0.6) is 0 Å². The largest absolute Gasteiger partial charge is 0.465 e. The Balaban J connectivity index is 1.80. The Morgan fingerprint density at radius 2 is 1.72 bits per heavy atom. The van der Waals surface area contributed by atoms with Crippen LogP contribution in [0.2, 0.25) is 0 Å². The molecule has 0 spiro atoms. The van der Waals surface area contributed by atoms with Crippen molar-refractivity contribution in [2.45, 2.75) is 26.8 Å². The second-order valence-corrected chi connectivity index (χ2v) is 7.00. The fraction of sp³-hybridized carbons (Fsp3) is 0.167. The third kappa shape index (κ3) is 5.45. The summed E-state index contributed by atoms with van der Waals surface area (Å²) in [5.41, 5.74) is 3.69. The molecule has 148 valence electrons. The SMILES string of the molecule is Cc1ccc([C@@H](C)NC(=O)/C(=C/c2ccco2)NC(=O)c2cccc(C)c2)cc1. The normalized spacial score (nSPS) is 12.3. The molecule has 1 atom stereocenters. The Kier molecular flexibility index (Phi) is 6.29. The smallest absolute Gasteiger partial charge is 0.268 e. The molecule has 3 rings (SSSR count). The van der Waals surface area contributed by atoms with E-state index in [0.717, 1.165) is 16.7 Å². The number of hydrogen-bond acceptors (Lipinski definition) is 3. The zero-order chi connectivity index (χ0) is 20.8. The number of hydrogen-bond donors (Lipinski definition) is 2. The first-order chi connectivity index (χ1) is 13.9. The van der Waals surface area contributed by atoms with Gasteiger partial charge in [-0.15, -0.1) is 0 Å². The molecule has 29 heavy (non-hydrogen) atoms. The molecule has 0 fully saturated rings. The Morgan fingerprint density at radius 3 is 2.38 bits per heavy atom. The summed E-state index contributed by atoms with van der Waals surface area (Å²) >= 11 is 0. The van der Waals surface area contributed by atoms with Crippen LogP contribution in [-0.2, 0) is 4.79 Å². The topological polar surface area (TPSA) is 71.3 Å². The molecule has 0 saturated carbocycles. The molecule has 0 saturated heterocycles. The van der Waals surface area contributed by atoms with Gasteiger partial charge >= 0.3 is 0 Å². The van der Waals surface area contributed by atoms with E-state index in [1.165, 1.54) is 12.3 Å². The van der Waals surface area contributed by atoms with Gasteiger partial charge in [0.2, 0.25) is 0 Å². The van der Waals surface area contributed by atoms with E-state index < -0.39 is 5.91 Å². The fourth-order valence-corrected chi connectivity index (χ4v) is 2.87. The van der Waals surface area contributed by atoms with Gasteiger partial charge in [-0.1, -0.05) is 47.5 Å². The Morgan fingerprint density at radius 1 is 0.966 bits per heavy atom. The summed E-state index contributed by atoms with van der Waals surface area (Å²) in [6.45, 7) is 5.82. The van der Waals surface area contributed by atoms with Crippen molar-refractivity contribution < 1.29 is 14.0 Å². The maximum atomic E-state index is 12.9. The zero-order valence-corrected chi connectivity index (χ0v) is 16.7. The standard InChI is InChI=1S/C24H24N2O3/c1-16-9-11-19(12-10-16)18(3)25-24(28)22(15-21-8-5-13-29-21)26-23(27)20-7-4-6-17(2)14-20/h4-15,18H,1-3H3,(H,25,28)(H,26,27)/b22-15-/t18-/m1/s1. The minimum Gasteiger partial charge on any atom is -0.465 e. The Labute approximate surface area is 170 Å². The molecule has 0 unspecified atom stereocenters. The molecule has 3 aromatic rings. The molecule has 2 N–H and O–H groups in total. The van der Waals surface area contributed by atoms with Crippen LogP contribution < -0.4 is 10.6 Å². The zero-order valence-electron chi connectivity index (χ0n) is 16.7. The van der Waals surface area contributed by atoms with Crippen molar-refractivity contribution in [3.05, 3.63) is 101 Å². The molecular formula is C24H24N2O3. The third-order valence-electron chi connectivity index (χ3n) is 4.53. The number of amides is 2. The lowest BCUT2D eigenvalue weighted by molar-refractivity contribution is -0.118. The molecule has 0 bridgehead atoms. The van der Waals surface area contributed by atoms with Crippen molar-refractivity contribution in [3.8, 4) is 0 Å². The minimum absolute atomic E-state index is 0.116. The van der Waals surface area contributed by atoms with Crippen molar-refractivity contribution in [2.24, 2.45) is 0 Å². The van der Waals surface area contributed by atoms with Crippen LogP contribution in [0.1, 0.15) is 45.8 Å². The molecule has 5 nitrogen and oxygen atoms in total. The van der Waals surface area contributed by atoms with Crippen molar-refractivity contribution in [2.75, 3.05) is 0 Å². The third-order valence-corrected chi connectivity index (χ3v) is 4.53. The van der Waals surface area contributed by atoms with E-state index >= 15 is 0 Å². The van der Waals surface area contributed by atoms with Gasteiger partial charge in [0.05, 0.1) is 12.3 Å². The molecule has 0 aliphatic carbocycles. The quantitative estimate of drug-likeness (QED) is 0.609. The van der Waals surface area contributed by atoms with Crippen molar-refractivity contribution >= 4 is 17.9 Å². The monoisotopic (exact) mass is 388 g/mol. The highest BCUT2D eigenvalue weighted by Gasteiger charge is 2.18. The van der Waals surface area contributed by atoms with Gasteiger partial charge in [-0.05, 0) is 50.6 Å². The lowest BCUT2D eigenvalue weighted by Gasteiger charge is -2.17. The van der Waals surface area contributed by atoms with Crippen LogP contribution >= 0.6 is 0 Å². The summed E-state index contributed by atoms with van der Waals surface area (Å²) in [6.07, 6.45) is 3.03. The predicted molar refractivity (Wildman–Crippen MR) is 113 cm³/mol. The average Bonchev–Trinajstić information content (AvgIpc) is 3.21. The molecule has 0 radical (unpaired) electrons. The van der Waals surface area contributed by atoms with Gasteiger partial charge in [-0.2, -0.15) is 0 Å². The summed E-state index contributed by atoms with van der Waals surface area (Å²) < 4.78 is 5.32. The van der Waals surface area contributed by atoms with Crippen LogP contribution in [-0.4, -0.2) is 11.8 Å². The van der Waals surface area contributed by atoms with Gasteiger partial charge in [-0.3, -0.25) is 9.59 Å². The van der Waals surface area contributed by atoms with Gasteiger partial charge in [0, 0.05) is 11.6 Å². The molecular weight excluding hydrogens is 364 g/mol. The lowest BCUT2D eigenvalue weighted by Crippen LogP contribution is -2.36. The van der Waals surface area contributed by atoms with Crippen LogP contribution in [0.3, 0.4) is 0 Å². The molecule has 5 heteroatoms. The second-order valence-electron chi connectivity index (χ2n) is 7.00. The van der Waals surface area contributed by atoms with E-state index in [-0.39, 0.29) is 17.6 Å². The number of nitrogens with one attached hydrogen (secondary N) is 2. The van der Waals surface area contributed by atoms with Gasteiger partial charge in [0.1, 0.15) is 11.5 Å². The molecule has 0 aliphatic heterocycles. The van der Waals surface area contributed by atoms with Crippen LogP contribution in [0.4, 0.5) is 0 Å². The van der Waals surface area contributed by atoms with Gasteiger partial charge in [0.15, 0.2) is 0 Å². The molecule has 2 aromatic carbocycles. The van der Waals surface area contributed by atoms with E-state index in [1.807, 2.05) is 51.1 Å². The molecule has 1 aromatic heterocycles. The average molecular weight is 388 g/mol. The van der Waals surface area contributed by atoms with Crippen LogP contribution in [0.25, 0.3) is 6.08 Å². The first kappa shape index (κ1) is 20.1. The number of carbonyl (C=O) groups is 2. The number of carbonyl (C=O) groups excluding carboxylic acids is 2. The van der Waals surface area contributed by atoms with E-state index in [1.54, 1.807) is 30.3 Å². The predicted octanol–water partition coefficient (Wildman–Crippen LogP) is 4.54. The number of aryl methyl sites for hydroxylation is 2. The Hall–Kier alpha value is -3.60. The Bertz CT molecular complexity index is 1020. The second kappa shape index (κ2) is 9.06. The first-order valence-corrected chi connectivity index (χ1v) is 9.43. The number of furan rings is 1. The van der Waals surface area contributed by atoms with E-state index in [9.17, 15) is 9.59 Å². The van der Waals surface area contributed by atoms with Gasteiger partial charge in [-0.25, -0.2) is 0 Å². The first-order valence-electron chi connectivity index (χ1n) is 9.43. The van der Waals surface area contributed by atoms with Crippen molar-refractivity contribution in [1.82, 2.24) is 10.6 Å². The fourth-order valence-electron chi connectivity index (χ4n) is 2.87. The van der Waals surface area contributed by atoms with Crippen molar-refractivity contribution in [3.63, 3.8) is 0 Å². The van der Waals surface area contributed by atoms with E-state index in [4.69, 9.17) is 4.42 Å². The summed E-state index contributed by atoms with van der Waals surface area (Å²) in [5, 5.41) is 5.65.